The third-order valence-electron chi connectivity index (χ3n) is 3.03. The van der Waals surface area contributed by atoms with Crippen molar-refractivity contribution < 1.29 is 4.74 Å². The van der Waals surface area contributed by atoms with E-state index in [0.29, 0.717) is 24.0 Å². The quantitative estimate of drug-likeness (QED) is 0.851. The van der Waals surface area contributed by atoms with E-state index in [1.54, 1.807) is 0 Å². The average Bonchev–Trinajstić information content (AvgIpc) is 2.41. The number of nitrogens with two attached hydrogens (primary N) is 1. The van der Waals surface area contributed by atoms with Gasteiger partial charge >= 0.3 is 0 Å². The van der Waals surface area contributed by atoms with Gasteiger partial charge in [0.1, 0.15) is 12.0 Å². The molecule has 2 rings (SSSR count). The van der Waals surface area contributed by atoms with Gasteiger partial charge in [-0.15, -0.1) is 0 Å². The lowest BCUT2D eigenvalue weighted by atomic mass is 10.0. The van der Waals surface area contributed by atoms with Crippen LogP contribution in [0.3, 0.4) is 0 Å². The summed E-state index contributed by atoms with van der Waals surface area (Å²) in [5, 5.41) is 3.32. The summed E-state index contributed by atoms with van der Waals surface area (Å²) < 4.78 is 5.35. The Labute approximate surface area is 112 Å². The van der Waals surface area contributed by atoms with Crippen molar-refractivity contribution in [2.75, 3.05) is 35.7 Å². The van der Waals surface area contributed by atoms with E-state index in [2.05, 4.69) is 15.3 Å². The van der Waals surface area contributed by atoms with Crippen LogP contribution < -0.4 is 15.8 Å². The molecule has 6 heteroatoms. The Morgan fingerprint density at radius 2 is 2.22 bits per heavy atom. The number of hydrogen-bond donors (Lipinski definition) is 2. The Morgan fingerprint density at radius 1 is 1.44 bits per heavy atom. The largest absolute Gasteiger partial charge is 0.476 e. The summed E-state index contributed by atoms with van der Waals surface area (Å²) in [6.07, 6.45) is 4.02. The smallest absolute Gasteiger partial charge is 0.242 e. The van der Waals surface area contributed by atoms with Crippen LogP contribution in [0.25, 0.3) is 0 Å². The van der Waals surface area contributed by atoms with Crippen LogP contribution in [0.2, 0.25) is 0 Å². The van der Waals surface area contributed by atoms with Crippen LogP contribution in [0.4, 0.5) is 11.5 Å². The molecule has 1 aromatic rings. The highest BCUT2D eigenvalue weighted by Crippen LogP contribution is 2.26. The Bertz CT molecular complexity index is 382. The van der Waals surface area contributed by atoms with Crippen molar-refractivity contribution in [3.8, 4) is 5.88 Å². The minimum atomic E-state index is 0.467. The number of hydrogen-bond acceptors (Lipinski definition) is 6. The molecule has 1 aliphatic heterocycles. The Kier molecular flexibility index (Phi) is 4.92. The second kappa shape index (κ2) is 6.68. The highest BCUT2D eigenvalue weighted by atomic mass is 32.2. The monoisotopic (exact) mass is 268 g/mol. The summed E-state index contributed by atoms with van der Waals surface area (Å²) in [5.74, 6) is 4.39. The fraction of sp³-hybridized carbons (Fsp3) is 0.667. The van der Waals surface area contributed by atoms with Crippen LogP contribution in [0.1, 0.15) is 19.8 Å². The molecule has 0 amide bonds. The number of nitrogens with one attached hydrogen (secondary N) is 1. The van der Waals surface area contributed by atoms with E-state index >= 15 is 0 Å². The van der Waals surface area contributed by atoms with E-state index in [9.17, 15) is 0 Å². The maximum atomic E-state index is 5.97. The first-order valence-corrected chi connectivity index (χ1v) is 7.51. The van der Waals surface area contributed by atoms with Crippen molar-refractivity contribution in [3.05, 3.63) is 6.33 Å². The molecule has 2 heterocycles. The second-order valence-electron chi connectivity index (χ2n) is 4.31. The third kappa shape index (κ3) is 3.41. The molecule has 0 unspecified atom stereocenters. The molecular formula is C12H20N4OS. The molecule has 1 aromatic heterocycles. The number of ether oxygens (including phenoxy) is 1. The number of nitrogen functional groups attached to an aromatic ring is 1. The van der Waals surface area contributed by atoms with E-state index < -0.39 is 0 Å². The zero-order chi connectivity index (χ0) is 12.8. The van der Waals surface area contributed by atoms with Gasteiger partial charge in [-0.3, -0.25) is 0 Å². The molecule has 0 radical (unpaired) electrons. The molecule has 0 spiro atoms. The topological polar surface area (TPSA) is 73.1 Å². The van der Waals surface area contributed by atoms with Crippen molar-refractivity contribution in [3.63, 3.8) is 0 Å². The Balaban J connectivity index is 1.93. The molecule has 18 heavy (non-hydrogen) atoms. The van der Waals surface area contributed by atoms with Gasteiger partial charge in [0.05, 0.1) is 6.61 Å². The summed E-state index contributed by atoms with van der Waals surface area (Å²) >= 11 is 2.03. The molecule has 5 nitrogen and oxygen atoms in total. The van der Waals surface area contributed by atoms with Crippen molar-refractivity contribution in [2.45, 2.75) is 19.8 Å². The van der Waals surface area contributed by atoms with Gasteiger partial charge in [0.2, 0.25) is 5.88 Å². The van der Waals surface area contributed by atoms with Gasteiger partial charge in [-0.1, -0.05) is 0 Å². The maximum absolute atomic E-state index is 5.97. The summed E-state index contributed by atoms with van der Waals surface area (Å²) in [6.45, 7) is 3.39. The molecule has 0 atom stereocenters. The van der Waals surface area contributed by atoms with E-state index in [1.807, 2.05) is 18.7 Å². The van der Waals surface area contributed by atoms with Gasteiger partial charge in [0.25, 0.3) is 0 Å². The van der Waals surface area contributed by atoms with Crippen LogP contribution in [0.15, 0.2) is 6.33 Å². The van der Waals surface area contributed by atoms with E-state index in [-0.39, 0.29) is 0 Å². The van der Waals surface area contributed by atoms with E-state index in [1.165, 1.54) is 30.7 Å². The van der Waals surface area contributed by atoms with Crippen molar-refractivity contribution in [2.24, 2.45) is 5.92 Å². The lowest BCUT2D eigenvalue weighted by Crippen LogP contribution is -2.20. The molecule has 1 saturated heterocycles. The lowest BCUT2D eigenvalue weighted by molar-refractivity contribution is 0.328. The number of rotatable bonds is 5. The summed E-state index contributed by atoms with van der Waals surface area (Å²) in [7, 11) is 0. The summed E-state index contributed by atoms with van der Waals surface area (Å²) in [6, 6.07) is 0. The SMILES string of the molecule is CCOc1ncnc(NCC2CCSCC2)c1N. The average molecular weight is 268 g/mol. The second-order valence-corrected chi connectivity index (χ2v) is 5.54. The third-order valence-corrected chi connectivity index (χ3v) is 4.08. The van der Waals surface area contributed by atoms with Crippen LogP contribution >= 0.6 is 11.8 Å². The molecule has 1 aliphatic rings. The predicted octanol–water partition coefficient (Wildman–Crippen LogP) is 2.01. The number of anilines is 2. The minimum absolute atomic E-state index is 0.467. The standard InChI is InChI=1S/C12H20N4OS/c1-2-17-12-10(13)11(15-8-16-12)14-7-9-3-5-18-6-4-9/h8-9H,2-7,13H2,1H3,(H,14,15,16). The number of nitrogens with zero attached hydrogens (tertiary/aromatic N) is 2. The van der Waals surface area contributed by atoms with Gasteiger partial charge in [-0.2, -0.15) is 16.7 Å². The highest BCUT2D eigenvalue weighted by molar-refractivity contribution is 7.99. The van der Waals surface area contributed by atoms with Gasteiger partial charge < -0.3 is 15.8 Å². The van der Waals surface area contributed by atoms with Crippen molar-refractivity contribution in [1.82, 2.24) is 9.97 Å². The maximum Gasteiger partial charge on any atom is 0.242 e. The van der Waals surface area contributed by atoms with Gasteiger partial charge in [0.15, 0.2) is 5.82 Å². The van der Waals surface area contributed by atoms with Crippen LogP contribution in [0, 0.1) is 5.92 Å². The van der Waals surface area contributed by atoms with E-state index in [4.69, 9.17) is 10.5 Å². The molecule has 1 fully saturated rings. The fourth-order valence-corrected chi connectivity index (χ4v) is 3.17. The normalized spacial score (nSPS) is 16.5. The molecule has 0 saturated carbocycles. The molecule has 0 aromatic carbocycles. The molecule has 100 valence electrons. The summed E-state index contributed by atoms with van der Waals surface area (Å²) in [5.41, 5.74) is 6.47. The van der Waals surface area contributed by atoms with Crippen LogP contribution in [-0.2, 0) is 0 Å². The van der Waals surface area contributed by atoms with Gasteiger partial charge in [-0.25, -0.2) is 4.98 Å². The van der Waals surface area contributed by atoms with Crippen molar-refractivity contribution >= 4 is 23.3 Å². The van der Waals surface area contributed by atoms with Crippen LogP contribution in [0.5, 0.6) is 5.88 Å². The van der Waals surface area contributed by atoms with E-state index in [0.717, 1.165) is 12.5 Å². The molecule has 0 bridgehead atoms. The zero-order valence-electron chi connectivity index (χ0n) is 10.7. The molecule has 3 N–H and O–H groups in total. The zero-order valence-corrected chi connectivity index (χ0v) is 11.5. The first-order chi connectivity index (χ1) is 8.81. The Morgan fingerprint density at radius 3 is 2.94 bits per heavy atom. The highest BCUT2D eigenvalue weighted by Gasteiger charge is 2.15. The number of aromatic nitrogens is 2. The fourth-order valence-electron chi connectivity index (χ4n) is 1.96. The van der Waals surface area contributed by atoms with Gasteiger partial charge in [-0.05, 0) is 37.2 Å². The van der Waals surface area contributed by atoms with Crippen LogP contribution in [-0.4, -0.2) is 34.6 Å². The first-order valence-electron chi connectivity index (χ1n) is 6.36. The summed E-state index contributed by atoms with van der Waals surface area (Å²) in [4.78, 5) is 8.19. The van der Waals surface area contributed by atoms with Gasteiger partial charge in [0, 0.05) is 6.54 Å². The predicted molar refractivity (Wildman–Crippen MR) is 76.2 cm³/mol. The Hall–Kier alpha value is -1.17. The minimum Gasteiger partial charge on any atom is -0.476 e. The molecular weight excluding hydrogens is 248 g/mol. The first kappa shape index (κ1) is 13.3. The number of thioether (sulfide) groups is 1. The molecule has 0 aliphatic carbocycles. The van der Waals surface area contributed by atoms with Crippen molar-refractivity contribution in [1.29, 1.82) is 0 Å². The lowest BCUT2D eigenvalue weighted by Gasteiger charge is -2.22.